The van der Waals surface area contributed by atoms with E-state index in [1.54, 1.807) is 6.07 Å². The van der Waals surface area contributed by atoms with Crippen molar-refractivity contribution < 1.29 is 32.2 Å². The summed E-state index contributed by atoms with van der Waals surface area (Å²) in [4.78, 5) is 25.8. The van der Waals surface area contributed by atoms with Crippen LogP contribution in [0.3, 0.4) is 0 Å². The molecule has 2 aliphatic heterocycles. The molecule has 2 heterocycles. The highest BCUT2D eigenvalue weighted by Crippen LogP contribution is 2.59. The standard InChI is InChI=1S/C19H19F3N2O4/c20-19(21,22)28-12-3-1-2-10(4-12)15-13-7-24(8-14(13)15)16(25)11-5-18(6-11)9-27-17(26)23-18/h1-4,11,13-15H,5-9H2,(H,23,26)/t11-,13-,14+,15+,18+. The van der Waals surface area contributed by atoms with Crippen LogP contribution in [-0.2, 0) is 9.53 Å². The number of carbonyl (C=O) groups is 2. The summed E-state index contributed by atoms with van der Waals surface area (Å²) >= 11 is 0. The topological polar surface area (TPSA) is 67.9 Å². The fraction of sp³-hybridized carbons (Fsp3) is 0.579. The van der Waals surface area contributed by atoms with Gasteiger partial charge < -0.3 is 19.7 Å². The number of amides is 2. The molecule has 2 amide bonds. The van der Waals surface area contributed by atoms with Crippen molar-refractivity contribution >= 4 is 12.0 Å². The zero-order chi connectivity index (χ0) is 19.7. The van der Waals surface area contributed by atoms with Crippen molar-refractivity contribution in [1.82, 2.24) is 10.2 Å². The normalized spacial score (nSPS) is 35.8. The number of halogens is 3. The molecule has 3 atom stereocenters. The van der Waals surface area contributed by atoms with E-state index in [1.165, 1.54) is 12.1 Å². The van der Waals surface area contributed by atoms with Crippen molar-refractivity contribution in [1.29, 1.82) is 0 Å². The average Bonchev–Trinajstić information content (AvgIpc) is 2.91. The molecule has 0 unspecified atom stereocenters. The molecule has 0 radical (unpaired) electrons. The number of cyclic esters (lactones) is 1. The Hall–Kier alpha value is -2.45. The lowest BCUT2D eigenvalue weighted by molar-refractivity contribution is -0.274. The monoisotopic (exact) mass is 396 g/mol. The van der Waals surface area contributed by atoms with Crippen molar-refractivity contribution in [3.8, 4) is 5.75 Å². The second-order valence-electron chi connectivity index (χ2n) is 8.30. The lowest BCUT2D eigenvalue weighted by atomic mass is 9.68. The van der Waals surface area contributed by atoms with Gasteiger partial charge in [-0.2, -0.15) is 0 Å². The Bertz CT molecular complexity index is 825. The molecule has 9 heteroatoms. The van der Waals surface area contributed by atoms with Gasteiger partial charge in [-0.25, -0.2) is 4.79 Å². The van der Waals surface area contributed by atoms with Gasteiger partial charge in [-0.05, 0) is 48.3 Å². The van der Waals surface area contributed by atoms with Gasteiger partial charge in [0.2, 0.25) is 5.91 Å². The Morgan fingerprint density at radius 1 is 1.25 bits per heavy atom. The summed E-state index contributed by atoms with van der Waals surface area (Å²) in [5.41, 5.74) is 0.457. The number of rotatable bonds is 3. The zero-order valence-electron chi connectivity index (χ0n) is 14.9. The van der Waals surface area contributed by atoms with Crippen molar-refractivity contribution in [3.05, 3.63) is 29.8 Å². The summed E-state index contributed by atoms with van der Waals surface area (Å²) < 4.78 is 46.2. The fourth-order valence-electron chi connectivity index (χ4n) is 5.15. The molecule has 0 aromatic heterocycles. The van der Waals surface area contributed by atoms with Crippen molar-refractivity contribution in [3.63, 3.8) is 0 Å². The number of ether oxygens (including phenoxy) is 2. The highest BCUT2D eigenvalue weighted by molar-refractivity contribution is 5.82. The molecule has 2 saturated carbocycles. The molecule has 4 aliphatic rings. The van der Waals surface area contributed by atoms with E-state index < -0.39 is 12.5 Å². The average molecular weight is 396 g/mol. The van der Waals surface area contributed by atoms with Crippen LogP contribution in [-0.4, -0.2) is 48.5 Å². The van der Waals surface area contributed by atoms with Crippen LogP contribution in [0.5, 0.6) is 5.75 Å². The summed E-state index contributed by atoms with van der Waals surface area (Å²) in [7, 11) is 0. The van der Waals surface area contributed by atoms with Gasteiger partial charge in [0, 0.05) is 19.0 Å². The minimum Gasteiger partial charge on any atom is -0.447 e. The predicted molar refractivity (Wildman–Crippen MR) is 89.4 cm³/mol. The molecule has 150 valence electrons. The second kappa shape index (κ2) is 5.78. The van der Waals surface area contributed by atoms with Gasteiger partial charge >= 0.3 is 12.5 Å². The number of benzene rings is 1. The molecular formula is C19H19F3N2O4. The highest BCUT2D eigenvalue weighted by atomic mass is 19.4. The molecule has 1 spiro atoms. The Kier molecular flexibility index (Phi) is 3.64. The summed E-state index contributed by atoms with van der Waals surface area (Å²) in [6.45, 7) is 1.58. The smallest absolute Gasteiger partial charge is 0.447 e. The van der Waals surface area contributed by atoms with E-state index in [0.29, 0.717) is 32.5 Å². The molecule has 28 heavy (non-hydrogen) atoms. The van der Waals surface area contributed by atoms with Gasteiger partial charge in [0.15, 0.2) is 0 Å². The first-order valence-electron chi connectivity index (χ1n) is 9.32. The Labute approximate surface area is 159 Å². The molecule has 1 aromatic carbocycles. The van der Waals surface area contributed by atoms with Crippen LogP contribution in [0, 0.1) is 17.8 Å². The van der Waals surface area contributed by atoms with Gasteiger partial charge in [0.1, 0.15) is 12.4 Å². The quantitative estimate of drug-likeness (QED) is 0.853. The number of hydrogen-bond donors (Lipinski definition) is 1. The number of fused-ring (bicyclic) bond motifs is 1. The summed E-state index contributed by atoms with van der Waals surface area (Å²) in [5.74, 6) is 0.551. The second-order valence-corrected chi connectivity index (χ2v) is 8.30. The summed E-state index contributed by atoms with van der Waals surface area (Å²) in [6.07, 6.45) is -3.92. The van der Waals surface area contributed by atoms with E-state index in [1.807, 2.05) is 11.0 Å². The number of nitrogens with one attached hydrogen (secondary N) is 1. The maximum absolute atomic E-state index is 12.7. The Morgan fingerprint density at radius 2 is 1.96 bits per heavy atom. The van der Waals surface area contributed by atoms with Gasteiger partial charge in [-0.15, -0.1) is 13.2 Å². The molecule has 0 bridgehead atoms. The number of alkyl halides is 3. The van der Waals surface area contributed by atoms with Crippen LogP contribution in [0.25, 0.3) is 0 Å². The van der Waals surface area contributed by atoms with Crippen molar-refractivity contribution in [2.24, 2.45) is 17.8 Å². The van der Waals surface area contributed by atoms with Gasteiger partial charge in [0.25, 0.3) is 0 Å². The molecule has 5 rings (SSSR count). The number of carbonyl (C=O) groups excluding carboxylic acids is 2. The summed E-state index contributed by atoms with van der Waals surface area (Å²) in [5, 5.41) is 2.79. The van der Waals surface area contributed by atoms with Crippen LogP contribution >= 0.6 is 0 Å². The minimum atomic E-state index is -4.70. The van der Waals surface area contributed by atoms with E-state index in [2.05, 4.69) is 10.1 Å². The van der Waals surface area contributed by atoms with E-state index in [0.717, 1.165) is 5.56 Å². The molecule has 2 aliphatic carbocycles. The van der Waals surface area contributed by atoms with E-state index in [9.17, 15) is 22.8 Å². The molecule has 6 nitrogen and oxygen atoms in total. The molecule has 1 N–H and O–H groups in total. The first kappa shape index (κ1) is 17.6. The Morgan fingerprint density at radius 3 is 2.57 bits per heavy atom. The van der Waals surface area contributed by atoms with Crippen molar-refractivity contribution in [2.75, 3.05) is 19.7 Å². The maximum atomic E-state index is 12.7. The first-order valence-corrected chi connectivity index (χ1v) is 9.32. The van der Waals surface area contributed by atoms with Crippen LogP contribution in [0.2, 0.25) is 0 Å². The zero-order valence-corrected chi connectivity index (χ0v) is 14.9. The van der Waals surface area contributed by atoms with Gasteiger partial charge in [0.05, 0.1) is 5.54 Å². The molecule has 2 saturated heterocycles. The predicted octanol–water partition coefficient (Wildman–Crippen LogP) is 2.65. The van der Waals surface area contributed by atoms with Crippen LogP contribution in [0.15, 0.2) is 24.3 Å². The lowest BCUT2D eigenvalue weighted by Gasteiger charge is -2.43. The molecule has 4 fully saturated rings. The van der Waals surface area contributed by atoms with E-state index in [-0.39, 0.29) is 40.9 Å². The van der Waals surface area contributed by atoms with Crippen LogP contribution < -0.4 is 10.1 Å². The number of likely N-dealkylation sites (tertiary alicyclic amines) is 1. The SMILES string of the molecule is O=C1N[C@]2(CO1)C[C@H](C(=O)N1C[C@@H]3[C@H](C1)[C@H]3c1cccc(OC(F)(F)F)c1)C2. The molecular weight excluding hydrogens is 377 g/mol. The minimum absolute atomic E-state index is 0.0959. The van der Waals surface area contributed by atoms with Crippen LogP contribution in [0.1, 0.15) is 24.3 Å². The summed E-state index contributed by atoms with van der Waals surface area (Å²) in [6, 6.07) is 6.13. The third-order valence-electron chi connectivity index (χ3n) is 6.45. The highest BCUT2D eigenvalue weighted by Gasteiger charge is 2.59. The third-order valence-corrected chi connectivity index (χ3v) is 6.45. The molecule has 1 aromatic rings. The van der Waals surface area contributed by atoms with Gasteiger partial charge in [-0.1, -0.05) is 12.1 Å². The van der Waals surface area contributed by atoms with Gasteiger partial charge in [-0.3, -0.25) is 4.79 Å². The largest absolute Gasteiger partial charge is 0.573 e. The maximum Gasteiger partial charge on any atom is 0.573 e. The number of hydrogen-bond acceptors (Lipinski definition) is 4. The van der Waals surface area contributed by atoms with E-state index >= 15 is 0 Å². The van der Waals surface area contributed by atoms with E-state index in [4.69, 9.17) is 4.74 Å². The third kappa shape index (κ3) is 2.97. The van der Waals surface area contributed by atoms with Crippen LogP contribution in [0.4, 0.5) is 18.0 Å². The number of alkyl carbamates (subject to hydrolysis) is 1. The number of nitrogens with zero attached hydrogens (tertiary/aromatic N) is 1. The first-order chi connectivity index (χ1) is 13.2. The Balaban J connectivity index is 1.16. The number of piperidine rings is 1. The lowest BCUT2D eigenvalue weighted by Crippen LogP contribution is -2.58. The van der Waals surface area contributed by atoms with Crippen molar-refractivity contribution in [2.45, 2.75) is 30.7 Å². The fourth-order valence-corrected chi connectivity index (χ4v) is 5.15.